The van der Waals surface area contributed by atoms with Crippen LogP contribution in [0.4, 0.5) is 0 Å². The molecule has 1 rings (SSSR count). The first-order chi connectivity index (χ1) is 9.58. The van der Waals surface area contributed by atoms with Gasteiger partial charge in [0.15, 0.2) is 11.0 Å². The fourth-order valence-corrected chi connectivity index (χ4v) is 2.17. The molecule has 0 saturated carbocycles. The van der Waals surface area contributed by atoms with E-state index in [1.54, 1.807) is 17.7 Å². The molecule has 4 heteroatoms. The number of ketones is 1. The lowest BCUT2D eigenvalue weighted by molar-refractivity contribution is 0.104. The van der Waals surface area contributed by atoms with Gasteiger partial charge in [0.05, 0.1) is 0 Å². The number of aryl methyl sites for hydroxylation is 1. The van der Waals surface area contributed by atoms with Crippen molar-refractivity contribution in [3.63, 3.8) is 0 Å². The van der Waals surface area contributed by atoms with Crippen LogP contribution in [0.3, 0.4) is 0 Å². The Morgan fingerprint density at radius 1 is 1.40 bits per heavy atom. The van der Waals surface area contributed by atoms with Crippen molar-refractivity contribution in [2.24, 2.45) is 4.99 Å². The van der Waals surface area contributed by atoms with Gasteiger partial charge in [-0.2, -0.15) is 0 Å². The zero-order valence-electron chi connectivity index (χ0n) is 12.2. The van der Waals surface area contributed by atoms with Crippen LogP contribution in [0.15, 0.2) is 53.5 Å². The minimum atomic E-state index is -0.00500. The number of hydrogen-bond acceptors (Lipinski definition) is 3. The highest BCUT2D eigenvalue weighted by atomic mass is 32.2. The maximum Gasteiger partial charge on any atom is 0.186 e. The van der Waals surface area contributed by atoms with Crippen LogP contribution in [0.1, 0.15) is 22.8 Å². The molecule has 0 spiro atoms. The van der Waals surface area contributed by atoms with Gasteiger partial charge in [0.25, 0.3) is 0 Å². The summed E-state index contributed by atoms with van der Waals surface area (Å²) in [6, 6.07) is 7.54. The lowest BCUT2D eigenvalue weighted by Crippen LogP contribution is -2.16. The average molecular weight is 288 g/mol. The van der Waals surface area contributed by atoms with Gasteiger partial charge in [-0.05, 0) is 31.5 Å². The minimum Gasteiger partial charge on any atom is -0.331 e. The molecule has 1 aromatic carbocycles. The summed E-state index contributed by atoms with van der Waals surface area (Å²) in [5.41, 5.74) is 1.84. The highest BCUT2D eigenvalue weighted by molar-refractivity contribution is 8.16. The molecule has 0 atom stereocenters. The molecule has 0 heterocycles. The van der Waals surface area contributed by atoms with E-state index in [1.165, 1.54) is 11.8 Å². The van der Waals surface area contributed by atoms with Crippen LogP contribution in [0, 0.1) is 6.92 Å². The second kappa shape index (κ2) is 8.38. The van der Waals surface area contributed by atoms with Gasteiger partial charge in [-0.25, -0.2) is 0 Å². The van der Waals surface area contributed by atoms with E-state index in [0.29, 0.717) is 12.1 Å². The van der Waals surface area contributed by atoms with E-state index in [4.69, 9.17) is 0 Å². The predicted octanol–water partition coefficient (Wildman–Crippen LogP) is 3.88. The second-order valence-corrected chi connectivity index (χ2v) is 5.07. The Labute approximate surface area is 125 Å². The van der Waals surface area contributed by atoms with Crippen molar-refractivity contribution in [3.8, 4) is 0 Å². The molecular weight excluding hydrogens is 268 g/mol. The first-order valence-electron chi connectivity index (χ1n) is 6.42. The molecule has 0 saturated heterocycles. The summed E-state index contributed by atoms with van der Waals surface area (Å²) in [5.74, 6) is -0.00500. The molecule has 0 radical (unpaired) electrons. The molecule has 0 bridgehead atoms. The molecule has 0 unspecified atom stereocenters. The van der Waals surface area contributed by atoms with Crippen molar-refractivity contribution in [1.82, 2.24) is 4.90 Å². The zero-order chi connectivity index (χ0) is 15.0. The van der Waals surface area contributed by atoms with Gasteiger partial charge in [-0.15, -0.1) is 0 Å². The van der Waals surface area contributed by atoms with Gasteiger partial charge in [-0.1, -0.05) is 48.2 Å². The van der Waals surface area contributed by atoms with E-state index in [9.17, 15) is 4.79 Å². The fourth-order valence-electron chi connectivity index (χ4n) is 1.42. The maximum atomic E-state index is 12.0. The van der Waals surface area contributed by atoms with E-state index < -0.39 is 0 Å². The lowest BCUT2D eigenvalue weighted by atomic mass is 10.1. The Bertz CT molecular complexity index is 518. The Kier molecular flexibility index (Phi) is 6.81. The van der Waals surface area contributed by atoms with E-state index >= 15 is 0 Å². The van der Waals surface area contributed by atoms with E-state index in [-0.39, 0.29) is 5.78 Å². The standard InChI is InChI=1S/C16H20N2OS/c1-5-17-16(18(4)6-2)20-12-11-15(19)14-9-7-13(3)8-10-14/h6-12H,2,5H2,1,3-4H3/b12-11+,17-16?. The third-order valence-electron chi connectivity index (χ3n) is 2.60. The summed E-state index contributed by atoms with van der Waals surface area (Å²) in [5, 5.41) is 2.58. The first kappa shape index (κ1) is 16.2. The van der Waals surface area contributed by atoms with Crippen LogP contribution < -0.4 is 0 Å². The van der Waals surface area contributed by atoms with Crippen LogP contribution in [0.25, 0.3) is 0 Å². The van der Waals surface area contributed by atoms with Crippen LogP contribution in [0.5, 0.6) is 0 Å². The maximum absolute atomic E-state index is 12.0. The number of thioether (sulfide) groups is 1. The summed E-state index contributed by atoms with van der Waals surface area (Å²) in [7, 11) is 1.88. The van der Waals surface area contributed by atoms with Crippen molar-refractivity contribution in [2.75, 3.05) is 13.6 Å². The van der Waals surface area contributed by atoms with E-state index in [2.05, 4.69) is 11.6 Å². The zero-order valence-corrected chi connectivity index (χ0v) is 13.0. The summed E-state index contributed by atoms with van der Waals surface area (Å²) in [4.78, 5) is 18.1. The van der Waals surface area contributed by atoms with Crippen LogP contribution in [-0.4, -0.2) is 29.4 Å². The third-order valence-corrected chi connectivity index (χ3v) is 3.50. The molecular formula is C16H20N2OS. The quantitative estimate of drug-likeness (QED) is 0.357. The molecule has 20 heavy (non-hydrogen) atoms. The third kappa shape index (κ3) is 5.05. The molecule has 106 valence electrons. The van der Waals surface area contributed by atoms with Crippen molar-refractivity contribution in [2.45, 2.75) is 13.8 Å². The Balaban J connectivity index is 2.67. The Morgan fingerprint density at radius 3 is 2.60 bits per heavy atom. The number of benzene rings is 1. The minimum absolute atomic E-state index is 0.00500. The molecule has 0 aromatic heterocycles. The largest absolute Gasteiger partial charge is 0.331 e. The van der Waals surface area contributed by atoms with Crippen LogP contribution in [-0.2, 0) is 0 Å². The summed E-state index contributed by atoms with van der Waals surface area (Å²) in [6.45, 7) is 8.37. The van der Waals surface area contributed by atoms with Gasteiger partial charge >= 0.3 is 0 Å². The SMILES string of the molecule is C=CN(C)C(=NCC)S/C=C/C(=O)c1ccc(C)cc1. The number of aliphatic imine (C=N–C) groups is 1. The number of hydrogen-bond donors (Lipinski definition) is 0. The van der Waals surface area contributed by atoms with Gasteiger partial charge in [0.1, 0.15) is 0 Å². The van der Waals surface area contributed by atoms with Gasteiger partial charge in [0.2, 0.25) is 0 Å². The monoisotopic (exact) mass is 288 g/mol. The number of rotatable bonds is 5. The van der Waals surface area contributed by atoms with Gasteiger partial charge < -0.3 is 4.90 Å². The second-order valence-electron chi connectivity index (χ2n) is 4.20. The number of nitrogens with zero attached hydrogens (tertiary/aromatic N) is 2. The van der Waals surface area contributed by atoms with E-state index in [1.807, 2.05) is 50.1 Å². The topological polar surface area (TPSA) is 32.7 Å². The Morgan fingerprint density at radius 2 is 2.05 bits per heavy atom. The van der Waals surface area contributed by atoms with E-state index in [0.717, 1.165) is 10.7 Å². The molecule has 1 aromatic rings. The number of carbonyl (C=O) groups is 1. The summed E-state index contributed by atoms with van der Waals surface area (Å²) in [6.07, 6.45) is 3.26. The fraction of sp³-hybridized carbons (Fsp3) is 0.250. The average Bonchev–Trinajstić information content (AvgIpc) is 2.46. The van der Waals surface area contributed by atoms with Crippen molar-refractivity contribution in [1.29, 1.82) is 0 Å². The summed E-state index contributed by atoms with van der Waals surface area (Å²) < 4.78 is 0. The molecule has 0 aliphatic heterocycles. The Hall–Kier alpha value is -1.81. The van der Waals surface area contributed by atoms with Crippen molar-refractivity contribution in [3.05, 3.63) is 59.7 Å². The van der Waals surface area contributed by atoms with Crippen molar-refractivity contribution < 1.29 is 4.79 Å². The predicted molar refractivity (Wildman–Crippen MR) is 88.2 cm³/mol. The molecule has 0 N–H and O–H groups in total. The number of amidine groups is 1. The molecule has 0 amide bonds. The lowest BCUT2D eigenvalue weighted by Gasteiger charge is -2.13. The number of carbonyl (C=O) groups excluding carboxylic acids is 1. The molecule has 0 fully saturated rings. The normalized spacial score (nSPS) is 11.7. The summed E-state index contributed by atoms with van der Waals surface area (Å²) >= 11 is 1.41. The highest BCUT2D eigenvalue weighted by Gasteiger charge is 2.03. The number of allylic oxidation sites excluding steroid dienone is 1. The first-order valence-corrected chi connectivity index (χ1v) is 7.30. The highest BCUT2D eigenvalue weighted by Crippen LogP contribution is 2.12. The molecule has 3 nitrogen and oxygen atoms in total. The van der Waals surface area contributed by atoms with Gasteiger partial charge in [-0.3, -0.25) is 9.79 Å². The molecule has 0 aliphatic rings. The van der Waals surface area contributed by atoms with Crippen LogP contribution in [0.2, 0.25) is 0 Å². The van der Waals surface area contributed by atoms with Crippen molar-refractivity contribution >= 4 is 22.7 Å². The van der Waals surface area contributed by atoms with Gasteiger partial charge in [0, 0.05) is 19.2 Å². The van der Waals surface area contributed by atoms with Crippen LogP contribution >= 0.6 is 11.8 Å². The molecule has 0 aliphatic carbocycles. The smallest absolute Gasteiger partial charge is 0.186 e.